The van der Waals surface area contributed by atoms with Crippen LogP contribution in [0.25, 0.3) is 10.8 Å². The number of fused-ring (bicyclic) bond motifs is 1. The van der Waals surface area contributed by atoms with Crippen molar-refractivity contribution in [2.24, 2.45) is 5.92 Å². The van der Waals surface area contributed by atoms with Gasteiger partial charge in [0.05, 0.1) is 0 Å². The van der Waals surface area contributed by atoms with Gasteiger partial charge in [-0.3, -0.25) is 0 Å². The van der Waals surface area contributed by atoms with Gasteiger partial charge < -0.3 is 5.32 Å². The van der Waals surface area contributed by atoms with E-state index in [0.29, 0.717) is 6.04 Å². The van der Waals surface area contributed by atoms with Crippen molar-refractivity contribution < 1.29 is 0 Å². The first-order valence-electron chi connectivity index (χ1n) is 7.16. The zero-order valence-corrected chi connectivity index (χ0v) is 12.9. The van der Waals surface area contributed by atoms with E-state index in [9.17, 15) is 0 Å². The lowest BCUT2D eigenvalue weighted by Crippen LogP contribution is -2.26. The summed E-state index contributed by atoms with van der Waals surface area (Å²) in [6.07, 6.45) is 5.37. The van der Waals surface area contributed by atoms with E-state index >= 15 is 0 Å². The maximum atomic E-state index is 3.71. The maximum absolute atomic E-state index is 3.71. The topological polar surface area (TPSA) is 12.0 Å². The van der Waals surface area contributed by atoms with Crippen molar-refractivity contribution >= 4 is 32.4 Å². The predicted molar refractivity (Wildman–Crippen MR) is 86.7 cm³/mol. The average molecular weight is 318 g/mol. The Morgan fingerprint density at radius 2 is 1.84 bits per heavy atom. The Bertz CT molecular complexity index is 578. The standard InChI is InChI=1S/C17H20BrN/c1-12-3-2-4-16(9-12)19-17-8-6-13-10-15(18)7-5-14(13)11-17/h5-8,10-12,16,19H,2-4,9H2,1H3. The number of rotatable bonds is 2. The third-order valence-electron chi connectivity index (χ3n) is 4.11. The van der Waals surface area contributed by atoms with Crippen LogP contribution in [0.1, 0.15) is 32.6 Å². The Morgan fingerprint density at radius 1 is 1.05 bits per heavy atom. The highest BCUT2D eigenvalue weighted by atomic mass is 79.9. The van der Waals surface area contributed by atoms with E-state index in [4.69, 9.17) is 0 Å². The highest BCUT2D eigenvalue weighted by Crippen LogP contribution is 2.28. The predicted octanol–water partition coefficient (Wildman–Crippen LogP) is 5.59. The number of halogens is 1. The molecule has 0 spiro atoms. The monoisotopic (exact) mass is 317 g/mol. The fraction of sp³-hybridized carbons (Fsp3) is 0.412. The second-order valence-electron chi connectivity index (χ2n) is 5.82. The van der Waals surface area contributed by atoms with Crippen molar-refractivity contribution in [2.75, 3.05) is 5.32 Å². The van der Waals surface area contributed by atoms with Crippen LogP contribution in [-0.2, 0) is 0 Å². The van der Waals surface area contributed by atoms with Crippen LogP contribution in [0, 0.1) is 5.92 Å². The Kier molecular flexibility index (Phi) is 3.79. The summed E-state index contributed by atoms with van der Waals surface area (Å²) in [6.45, 7) is 2.37. The van der Waals surface area contributed by atoms with Crippen LogP contribution in [0.5, 0.6) is 0 Å². The zero-order valence-electron chi connectivity index (χ0n) is 11.3. The lowest BCUT2D eigenvalue weighted by Gasteiger charge is -2.28. The molecule has 1 nitrogen and oxygen atoms in total. The van der Waals surface area contributed by atoms with Crippen molar-refractivity contribution in [2.45, 2.75) is 38.6 Å². The number of hydrogen-bond acceptors (Lipinski definition) is 1. The minimum absolute atomic E-state index is 0.650. The lowest BCUT2D eigenvalue weighted by molar-refractivity contribution is 0.358. The second-order valence-corrected chi connectivity index (χ2v) is 6.73. The van der Waals surface area contributed by atoms with Gasteiger partial charge >= 0.3 is 0 Å². The van der Waals surface area contributed by atoms with Gasteiger partial charge in [0.1, 0.15) is 0 Å². The molecular formula is C17H20BrN. The summed E-state index contributed by atoms with van der Waals surface area (Å²) in [5, 5.41) is 6.30. The Labute approximate surface area is 123 Å². The molecule has 100 valence electrons. The number of nitrogens with one attached hydrogen (secondary N) is 1. The van der Waals surface area contributed by atoms with Gasteiger partial charge in [0.25, 0.3) is 0 Å². The molecule has 19 heavy (non-hydrogen) atoms. The third-order valence-corrected chi connectivity index (χ3v) is 4.60. The van der Waals surface area contributed by atoms with Gasteiger partial charge in [-0.15, -0.1) is 0 Å². The largest absolute Gasteiger partial charge is 0.382 e. The molecule has 1 aliphatic rings. The van der Waals surface area contributed by atoms with E-state index in [1.165, 1.54) is 42.1 Å². The first-order chi connectivity index (χ1) is 9.20. The van der Waals surface area contributed by atoms with Gasteiger partial charge in [-0.05, 0) is 53.8 Å². The Morgan fingerprint density at radius 3 is 2.68 bits per heavy atom. The molecule has 2 aromatic rings. The van der Waals surface area contributed by atoms with Crippen LogP contribution < -0.4 is 5.32 Å². The van der Waals surface area contributed by atoms with Crippen LogP contribution in [0.15, 0.2) is 40.9 Å². The van der Waals surface area contributed by atoms with Gasteiger partial charge in [0.2, 0.25) is 0 Å². The van der Waals surface area contributed by atoms with E-state index in [-0.39, 0.29) is 0 Å². The molecule has 1 N–H and O–H groups in total. The van der Waals surface area contributed by atoms with Crippen molar-refractivity contribution in [3.63, 3.8) is 0 Å². The van der Waals surface area contributed by atoms with Crippen molar-refractivity contribution in [1.29, 1.82) is 0 Å². The highest BCUT2D eigenvalue weighted by Gasteiger charge is 2.18. The molecule has 0 amide bonds. The van der Waals surface area contributed by atoms with Crippen molar-refractivity contribution in [3.8, 4) is 0 Å². The van der Waals surface area contributed by atoms with E-state index in [1.807, 2.05) is 0 Å². The lowest BCUT2D eigenvalue weighted by atomic mass is 9.87. The number of benzene rings is 2. The summed E-state index contributed by atoms with van der Waals surface area (Å²) in [6, 6.07) is 13.8. The summed E-state index contributed by atoms with van der Waals surface area (Å²) in [5.74, 6) is 0.864. The molecule has 2 aromatic carbocycles. The van der Waals surface area contributed by atoms with Crippen LogP contribution >= 0.6 is 15.9 Å². The van der Waals surface area contributed by atoms with Gasteiger partial charge in [0, 0.05) is 16.2 Å². The van der Waals surface area contributed by atoms with Crippen LogP contribution in [0.4, 0.5) is 5.69 Å². The Balaban J connectivity index is 1.79. The van der Waals surface area contributed by atoms with Gasteiger partial charge in [-0.1, -0.05) is 47.8 Å². The van der Waals surface area contributed by atoms with E-state index in [0.717, 1.165) is 10.4 Å². The van der Waals surface area contributed by atoms with E-state index in [2.05, 4.69) is 64.6 Å². The molecule has 0 aromatic heterocycles. The molecule has 1 fully saturated rings. The fourth-order valence-corrected chi connectivity index (χ4v) is 3.49. The minimum atomic E-state index is 0.650. The van der Waals surface area contributed by atoms with Crippen LogP contribution in [-0.4, -0.2) is 6.04 Å². The number of hydrogen-bond donors (Lipinski definition) is 1. The third kappa shape index (κ3) is 3.11. The fourth-order valence-electron chi connectivity index (χ4n) is 3.11. The molecule has 2 unspecified atom stereocenters. The molecule has 1 aliphatic carbocycles. The van der Waals surface area contributed by atoms with E-state index < -0.39 is 0 Å². The molecular weight excluding hydrogens is 298 g/mol. The highest BCUT2D eigenvalue weighted by molar-refractivity contribution is 9.10. The first kappa shape index (κ1) is 13.0. The van der Waals surface area contributed by atoms with Crippen LogP contribution in [0.3, 0.4) is 0 Å². The average Bonchev–Trinajstić information content (AvgIpc) is 2.39. The summed E-state index contributed by atoms with van der Waals surface area (Å²) >= 11 is 3.52. The maximum Gasteiger partial charge on any atom is 0.0348 e. The normalized spacial score (nSPS) is 23.5. The number of anilines is 1. The summed E-state index contributed by atoms with van der Waals surface area (Å²) < 4.78 is 1.14. The Hall–Kier alpha value is -1.02. The molecule has 0 aliphatic heterocycles. The molecule has 0 radical (unpaired) electrons. The second kappa shape index (κ2) is 5.54. The smallest absolute Gasteiger partial charge is 0.0348 e. The molecule has 0 heterocycles. The van der Waals surface area contributed by atoms with E-state index in [1.54, 1.807) is 0 Å². The first-order valence-corrected chi connectivity index (χ1v) is 7.96. The molecule has 1 saturated carbocycles. The van der Waals surface area contributed by atoms with Crippen molar-refractivity contribution in [1.82, 2.24) is 0 Å². The zero-order chi connectivity index (χ0) is 13.2. The van der Waals surface area contributed by atoms with Crippen LogP contribution in [0.2, 0.25) is 0 Å². The molecule has 0 saturated heterocycles. The van der Waals surface area contributed by atoms with Gasteiger partial charge in [-0.25, -0.2) is 0 Å². The summed E-state index contributed by atoms with van der Waals surface area (Å²) in [4.78, 5) is 0. The summed E-state index contributed by atoms with van der Waals surface area (Å²) in [7, 11) is 0. The molecule has 0 bridgehead atoms. The molecule has 2 atom stereocenters. The van der Waals surface area contributed by atoms with Gasteiger partial charge in [0.15, 0.2) is 0 Å². The van der Waals surface area contributed by atoms with Crippen molar-refractivity contribution in [3.05, 3.63) is 40.9 Å². The molecule has 3 rings (SSSR count). The summed E-state index contributed by atoms with van der Waals surface area (Å²) in [5.41, 5.74) is 1.26. The minimum Gasteiger partial charge on any atom is -0.382 e. The quantitative estimate of drug-likeness (QED) is 0.761. The van der Waals surface area contributed by atoms with Gasteiger partial charge in [-0.2, -0.15) is 0 Å². The SMILES string of the molecule is CC1CCCC(Nc2ccc3cc(Br)ccc3c2)C1. The molecule has 2 heteroatoms.